The average Bonchev–Trinajstić information content (AvgIpc) is 2.37. The van der Waals surface area contributed by atoms with Gasteiger partial charge in [0.15, 0.2) is 0 Å². The summed E-state index contributed by atoms with van der Waals surface area (Å²) >= 11 is 0. The summed E-state index contributed by atoms with van der Waals surface area (Å²) in [5.74, 6) is 0.714. The predicted octanol–water partition coefficient (Wildman–Crippen LogP) is 0.307. The van der Waals surface area contributed by atoms with Crippen molar-refractivity contribution in [3.8, 4) is 0 Å². The summed E-state index contributed by atoms with van der Waals surface area (Å²) in [5, 5.41) is 17.1. The highest BCUT2D eigenvalue weighted by Crippen LogP contribution is 2.07. The van der Waals surface area contributed by atoms with E-state index in [0.717, 1.165) is 5.56 Å². The summed E-state index contributed by atoms with van der Waals surface area (Å²) in [6, 6.07) is 1.73. The molecular formula is C7H10O3. The summed E-state index contributed by atoms with van der Waals surface area (Å²) in [5.41, 5.74) is 0.753. The van der Waals surface area contributed by atoms with Crippen molar-refractivity contribution in [2.24, 2.45) is 0 Å². The molecule has 1 aromatic heterocycles. The maximum absolute atomic E-state index is 8.60. The number of aliphatic hydroxyl groups is 2. The lowest BCUT2D eigenvalue weighted by Crippen LogP contribution is -1.86. The summed E-state index contributed by atoms with van der Waals surface area (Å²) < 4.78 is 4.98. The first kappa shape index (κ1) is 7.31. The van der Waals surface area contributed by atoms with Crippen LogP contribution in [-0.2, 0) is 13.0 Å². The normalized spacial score (nSPS) is 10.2. The molecule has 56 valence electrons. The quantitative estimate of drug-likeness (QED) is 0.638. The Morgan fingerprint density at radius 3 is 2.70 bits per heavy atom. The minimum absolute atomic E-state index is 0.00503. The van der Waals surface area contributed by atoms with E-state index in [1.807, 2.05) is 0 Å². The highest BCUT2D eigenvalue weighted by molar-refractivity contribution is 5.11. The van der Waals surface area contributed by atoms with Gasteiger partial charge in [0.1, 0.15) is 5.76 Å². The van der Waals surface area contributed by atoms with Crippen molar-refractivity contribution in [1.29, 1.82) is 0 Å². The molecule has 0 aliphatic carbocycles. The van der Waals surface area contributed by atoms with E-state index in [1.165, 1.54) is 6.26 Å². The van der Waals surface area contributed by atoms with E-state index >= 15 is 0 Å². The topological polar surface area (TPSA) is 53.6 Å². The van der Waals surface area contributed by atoms with E-state index in [4.69, 9.17) is 14.6 Å². The third-order valence-corrected chi connectivity index (χ3v) is 1.25. The lowest BCUT2D eigenvalue weighted by Gasteiger charge is -1.86. The largest absolute Gasteiger partial charge is 0.469 e. The third kappa shape index (κ3) is 1.59. The fraction of sp³-hybridized carbons (Fsp3) is 0.429. The van der Waals surface area contributed by atoms with Gasteiger partial charge in [-0.1, -0.05) is 0 Å². The number of rotatable bonds is 3. The fourth-order valence-electron chi connectivity index (χ4n) is 0.750. The number of hydrogen-bond acceptors (Lipinski definition) is 3. The van der Waals surface area contributed by atoms with Gasteiger partial charge in [-0.2, -0.15) is 0 Å². The predicted molar refractivity (Wildman–Crippen MR) is 35.4 cm³/mol. The molecule has 3 nitrogen and oxygen atoms in total. The Morgan fingerprint density at radius 1 is 1.40 bits per heavy atom. The second-order valence-electron chi connectivity index (χ2n) is 2.05. The minimum Gasteiger partial charge on any atom is -0.469 e. The maximum Gasteiger partial charge on any atom is 0.106 e. The Morgan fingerprint density at radius 2 is 2.20 bits per heavy atom. The molecule has 0 saturated carbocycles. The van der Waals surface area contributed by atoms with Crippen LogP contribution in [0.3, 0.4) is 0 Å². The average molecular weight is 142 g/mol. The van der Waals surface area contributed by atoms with Gasteiger partial charge < -0.3 is 14.6 Å². The lowest BCUT2D eigenvalue weighted by atomic mass is 10.3. The number of aliphatic hydroxyl groups excluding tert-OH is 2. The van der Waals surface area contributed by atoms with E-state index < -0.39 is 0 Å². The van der Waals surface area contributed by atoms with Gasteiger partial charge in [0.05, 0.1) is 19.5 Å². The standard InChI is InChI=1S/C7H10O3/c8-2-1-7-3-6(4-9)5-10-7/h3,5,8-9H,1-2,4H2. The minimum atomic E-state index is -0.00503. The Balaban J connectivity index is 2.59. The first-order valence-electron chi connectivity index (χ1n) is 3.15. The van der Waals surface area contributed by atoms with Crippen LogP contribution in [0, 0.1) is 0 Å². The molecule has 0 unspecified atom stereocenters. The molecule has 0 bridgehead atoms. The Labute approximate surface area is 58.9 Å². The smallest absolute Gasteiger partial charge is 0.106 e. The van der Waals surface area contributed by atoms with Gasteiger partial charge in [-0.25, -0.2) is 0 Å². The monoisotopic (exact) mass is 142 g/mol. The molecule has 0 aliphatic rings. The van der Waals surface area contributed by atoms with E-state index in [0.29, 0.717) is 12.2 Å². The Kier molecular flexibility index (Phi) is 2.48. The first-order valence-corrected chi connectivity index (χ1v) is 3.15. The molecule has 1 heterocycles. The molecule has 0 radical (unpaired) electrons. The number of hydrogen-bond donors (Lipinski definition) is 2. The first-order chi connectivity index (χ1) is 4.86. The van der Waals surface area contributed by atoms with Crippen molar-refractivity contribution in [1.82, 2.24) is 0 Å². The van der Waals surface area contributed by atoms with E-state index in [1.54, 1.807) is 6.07 Å². The van der Waals surface area contributed by atoms with E-state index in [-0.39, 0.29) is 13.2 Å². The second-order valence-corrected chi connectivity index (χ2v) is 2.05. The van der Waals surface area contributed by atoms with Crippen molar-refractivity contribution in [2.75, 3.05) is 6.61 Å². The van der Waals surface area contributed by atoms with Gasteiger partial charge in [0, 0.05) is 12.0 Å². The molecule has 0 amide bonds. The van der Waals surface area contributed by atoms with Crippen LogP contribution in [0.15, 0.2) is 16.7 Å². The molecule has 0 aromatic carbocycles. The van der Waals surface area contributed by atoms with E-state index in [2.05, 4.69) is 0 Å². The maximum atomic E-state index is 8.60. The molecule has 2 N–H and O–H groups in total. The third-order valence-electron chi connectivity index (χ3n) is 1.25. The molecule has 0 aliphatic heterocycles. The van der Waals surface area contributed by atoms with Gasteiger partial charge in [0.2, 0.25) is 0 Å². The van der Waals surface area contributed by atoms with Crippen molar-refractivity contribution in [3.05, 3.63) is 23.7 Å². The van der Waals surface area contributed by atoms with Crippen LogP contribution in [0.1, 0.15) is 11.3 Å². The van der Waals surface area contributed by atoms with Gasteiger partial charge >= 0.3 is 0 Å². The fourth-order valence-corrected chi connectivity index (χ4v) is 0.750. The van der Waals surface area contributed by atoms with Crippen LogP contribution < -0.4 is 0 Å². The SMILES string of the molecule is OCCc1cc(CO)co1. The zero-order chi connectivity index (χ0) is 7.40. The molecule has 3 heteroatoms. The van der Waals surface area contributed by atoms with Crippen LogP contribution in [0.25, 0.3) is 0 Å². The van der Waals surface area contributed by atoms with Crippen LogP contribution in [0.5, 0.6) is 0 Å². The van der Waals surface area contributed by atoms with Gasteiger partial charge in [0.25, 0.3) is 0 Å². The number of furan rings is 1. The summed E-state index contributed by atoms with van der Waals surface area (Å²) in [6.45, 7) is 0.0767. The van der Waals surface area contributed by atoms with Crippen molar-refractivity contribution < 1.29 is 14.6 Å². The molecule has 10 heavy (non-hydrogen) atoms. The zero-order valence-electron chi connectivity index (χ0n) is 5.58. The second kappa shape index (κ2) is 3.39. The van der Waals surface area contributed by atoms with Crippen molar-refractivity contribution in [2.45, 2.75) is 13.0 Å². The van der Waals surface area contributed by atoms with Gasteiger partial charge in [-0.3, -0.25) is 0 Å². The highest BCUT2D eigenvalue weighted by atomic mass is 16.3. The molecule has 0 atom stereocenters. The van der Waals surface area contributed by atoms with Gasteiger partial charge in [-0.15, -0.1) is 0 Å². The summed E-state index contributed by atoms with van der Waals surface area (Å²) in [7, 11) is 0. The van der Waals surface area contributed by atoms with Crippen LogP contribution in [0.4, 0.5) is 0 Å². The van der Waals surface area contributed by atoms with Crippen LogP contribution in [-0.4, -0.2) is 16.8 Å². The van der Waals surface area contributed by atoms with E-state index in [9.17, 15) is 0 Å². The Hall–Kier alpha value is -0.800. The van der Waals surface area contributed by atoms with Crippen molar-refractivity contribution >= 4 is 0 Å². The molecule has 0 spiro atoms. The summed E-state index contributed by atoms with van der Waals surface area (Å²) in [6.07, 6.45) is 2.00. The van der Waals surface area contributed by atoms with Gasteiger partial charge in [-0.05, 0) is 6.07 Å². The van der Waals surface area contributed by atoms with Crippen molar-refractivity contribution in [3.63, 3.8) is 0 Å². The van der Waals surface area contributed by atoms with Crippen LogP contribution in [0.2, 0.25) is 0 Å². The lowest BCUT2D eigenvalue weighted by molar-refractivity contribution is 0.280. The highest BCUT2D eigenvalue weighted by Gasteiger charge is 1.98. The zero-order valence-corrected chi connectivity index (χ0v) is 5.58. The summed E-state index contributed by atoms with van der Waals surface area (Å²) in [4.78, 5) is 0. The molecular weight excluding hydrogens is 132 g/mol. The molecule has 1 aromatic rings. The Bertz CT molecular complexity index is 192. The molecule has 1 rings (SSSR count). The molecule has 0 fully saturated rings. The van der Waals surface area contributed by atoms with Crippen LogP contribution >= 0.6 is 0 Å². The molecule has 0 saturated heterocycles.